The normalized spacial score (nSPS) is 12.0. The Morgan fingerprint density at radius 1 is 1.30 bits per heavy atom. The fraction of sp³-hybridized carbons (Fsp3) is 0.111. The molecule has 0 aliphatic heterocycles. The van der Waals surface area contributed by atoms with Crippen LogP contribution in [-0.2, 0) is 0 Å². The van der Waals surface area contributed by atoms with Gasteiger partial charge in [-0.3, -0.25) is 0 Å². The number of hydrogen-bond donors (Lipinski definition) is 1. The molecule has 10 heavy (non-hydrogen) atoms. The molecule has 0 bridgehead atoms. The molecule has 49 valence electrons. The monoisotopic (exact) mass is 131 g/mol. The number of benzene rings is 1. The molecule has 0 aliphatic carbocycles. The summed E-state index contributed by atoms with van der Waals surface area (Å²) in [4.78, 5) is 0. The highest BCUT2D eigenvalue weighted by atomic mass is 16.3. The van der Waals surface area contributed by atoms with Crippen molar-refractivity contribution < 1.29 is 5.11 Å². The van der Waals surface area contributed by atoms with Gasteiger partial charge in [0.15, 0.2) is 0 Å². The molecule has 1 aromatic rings. The van der Waals surface area contributed by atoms with Gasteiger partial charge in [-0.25, -0.2) is 0 Å². The van der Waals surface area contributed by atoms with Crippen LogP contribution in [0.1, 0.15) is 11.7 Å². The lowest BCUT2D eigenvalue weighted by molar-refractivity contribution is 0.238. The van der Waals surface area contributed by atoms with Crippen molar-refractivity contribution in [3.63, 3.8) is 0 Å². The van der Waals surface area contributed by atoms with E-state index in [9.17, 15) is 0 Å². The van der Waals surface area contributed by atoms with Crippen LogP contribution in [0.15, 0.2) is 30.3 Å². The van der Waals surface area contributed by atoms with Gasteiger partial charge in [0.25, 0.3) is 0 Å². The predicted molar refractivity (Wildman–Crippen MR) is 38.5 cm³/mol. The van der Waals surface area contributed by atoms with Crippen molar-refractivity contribution in [2.75, 3.05) is 0 Å². The highest BCUT2D eigenvalue weighted by Crippen LogP contribution is 2.09. The Hall–Kier alpha value is -1.26. The van der Waals surface area contributed by atoms with Crippen LogP contribution >= 0.6 is 0 Å². The first-order chi connectivity index (χ1) is 4.84. The maximum absolute atomic E-state index is 9.03. The van der Waals surface area contributed by atoms with E-state index in [0.717, 1.165) is 0 Å². The van der Waals surface area contributed by atoms with Crippen LogP contribution in [0.5, 0.6) is 0 Å². The summed E-state index contributed by atoms with van der Waals surface area (Å²) in [5, 5.41) is 9.03. The van der Waals surface area contributed by atoms with Gasteiger partial charge in [-0.05, 0) is 12.0 Å². The molecule has 0 saturated heterocycles. The van der Waals surface area contributed by atoms with Crippen molar-refractivity contribution in [2.24, 2.45) is 0 Å². The molecule has 0 aromatic heterocycles. The SMILES string of the molecule is [C]#CC(O)c1ccccc1. The molecule has 1 atom stereocenters. The summed E-state index contributed by atoms with van der Waals surface area (Å²) < 4.78 is 0. The Morgan fingerprint density at radius 3 is 2.40 bits per heavy atom. The van der Waals surface area contributed by atoms with Crippen LogP contribution in [0.4, 0.5) is 0 Å². The van der Waals surface area contributed by atoms with Crippen LogP contribution < -0.4 is 0 Å². The van der Waals surface area contributed by atoms with Gasteiger partial charge in [-0.1, -0.05) is 36.3 Å². The van der Waals surface area contributed by atoms with Crippen LogP contribution in [0.25, 0.3) is 0 Å². The number of aliphatic hydroxyl groups excluding tert-OH is 1. The minimum atomic E-state index is -0.874. The zero-order valence-corrected chi connectivity index (χ0v) is 5.41. The lowest BCUT2D eigenvalue weighted by Gasteiger charge is -2.00. The Balaban J connectivity index is 2.88. The Morgan fingerprint density at radius 2 is 1.90 bits per heavy atom. The molecule has 1 rings (SSSR count). The van der Waals surface area contributed by atoms with E-state index in [1.54, 1.807) is 12.1 Å². The largest absolute Gasteiger partial charge is 0.376 e. The van der Waals surface area contributed by atoms with Gasteiger partial charge in [0.05, 0.1) is 0 Å². The van der Waals surface area contributed by atoms with Crippen LogP contribution in [0.3, 0.4) is 0 Å². The second kappa shape index (κ2) is 3.05. The standard InChI is InChI=1S/C9H7O/c1-2-9(10)8-6-4-3-5-7-8/h3-7,9-10H. The van der Waals surface area contributed by atoms with Gasteiger partial charge in [0.1, 0.15) is 6.10 Å². The molecule has 0 saturated carbocycles. The number of rotatable bonds is 1. The molecule has 1 radical (unpaired) electrons. The first kappa shape index (κ1) is 6.85. The molecule has 1 heteroatoms. The molecule has 0 fully saturated rings. The van der Waals surface area contributed by atoms with E-state index in [4.69, 9.17) is 11.5 Å². The van der Waals surface area contributed by atoms with E-state index in [0.29, 0.717) is 5.56 Å². The average molecular weight is 131 g/mol. The van der Waals surface area contributed by atoms with Crippen molar-refractivity contribution in [2.45, 2.75) is 6.10 Å². The summed E-state index contributed by atoms with van der Waals surface area (Å²) in [6.45, 7) is 0. The fourth-order valence-electron chi connectivity index (χ4n) is 0.719. The number of hydrogen-bond acceptors (Lipinski definition) is 1. The van der Waals surface area contributed by atoms with Gasteiger partial charge in [0.2, 0.25) is 0 Å². The molecule has 0 amide bonds. The van der Waals surface area contributed by atoms with E-state index in [1.165, 1.54) is 0 Å². The first-order valence-electron chi connectivity index (χ1n) is 3.00. The molecule has 1 aromatic carbocycles. The Labute approximate surface area is 60.3 Å². The summed E-state index contributed by atoms with van der Waals surface area (Å²) in [5.74, 6) is 1.99. The summed E-state index contributed by atoms with van der Waals surface area (Å²) in [6.07, 6.45) is 5.77. The summed E-state index contributed by atoms with van der Waals surface area (Å²) >= 11 is 0. The maximum Gasteiger partial charge on any atom is 0.141 e. The smallest absolute Gasteiger partial charge is 0.141 e. The molecule has 1 N–H and O–H groups in total. The minimum Gasteiger partial charge on any atom is -0.376 e. The fourth-order valence-corrected chi connectivity index (χ4v) is 0.719. The van der Waals surface area contributed by atoms with Crippen molar-refractivity contribution in [1.82, 2.24) is 0 Å². The third-order valence-electron chi connectivity index (χ3n) is 1.25. The second-order valence-corrected chi connectivity index (χ2v) is 1.96. The summed E-state index contributed by atoms with van der Waals surface area (Å²) in [7, 11) is 0. The quantitative estimate of drug-likeness (QED) is 0.570. The van der Waals surface area contributed by atoms with Crippen LogP contribution in [0, 0.1) is 12.3 Å². The van der Waals surface area contributed by atoms with E-state index in [-0.39, 0.29) is 0 Å². The van der Waals surface area contributed by atoms with Gasteiger partial charge >= 0.3 is 0 Å². The average Bonchev–Trinajstić information content (AvgIpc) is 2.05. The number of aliphatic hydroxyl groups is 1. The molecule has 1 nitrogen and oxygen atoms in total. The minimum absolute atomic E-state index is 0.706. The molecule has 0 aliphatic rings. The molecular formula is C9H7O. The summed E-state index contributed by atoms with van der Waals surface area (Å²) in [6, 6.07) is 9.00. The van der Waals surface area contributed by atoms with Gasteiger partial charge < -0.3 is 5.11 Å². The highest BCUT2D eigenvalue weighted by molar-refractivity contribution is 5.21. The topological polar surface area (TPSA) is 20.2 Å². The third-order valence-corrected chi connectivity index (χ3v) is 1.25. The predicted octanol–water partition coefficient (Wildman–Crippen LogP) is 1.31. The van der Waals surface area contributed by atoms with E-state index in [2.05, 4.69) is 0 Å². The van der Waals surface area contributed by atoms with Crippen LogP contribution in [-0.4, -0.2) is 5.11 Å². The Bertz CT molecular complexity index is 233. The zero-order chi connectivity index (χ0) is 7.40. The molecule has 0 spiro atoms. The molecule has 0 heterocycles. The van der Waals surface area contributed by atoms with Gasteiger partial charge in [0, 0.05) is 0 Å². The maximum atomic E-state index is 9.03. The van der Waals surface area contributed by atoms with Crippen molar-refractivity contribution in [1.29, 1.82) is 0 Å². The van der Waals surface area contributed by atoms with E-state index >= 15 is 0 Å². The Kier molecular flexibility index (Phi) is 2.09. The zero-order valence-electron chi connectivity index (χ0n) is 5.41. The van der Waals surface area contributed by atoms with E-state index in [1.807, 2.05) is 24.1 Å². The lowest BCUT2D eigenvalue weighted by Crippen LogP contribution is -1.90. The molecular weight excluding hydrogens is 124 g/mol. The van der Waals surface area contributed by atoms with Crippen LogP contribution in [0.2, 0.25) is 0 Å². The summed E-state index contributed by atoms with van der Waals surface area (Å²) in [5.41, 5.74) is 0.706. The first-order valence-corrected chi connectivity index (χ1v) is 3.00. The lowest BCUT2D eigenvalue weighted by atomic mass is 10.1. The van der Waals surface area contributed by atoms with E-state index < -0.39 is 6.10 Å². The molecule has 1 unspecified atom stereocenters. The van der Waals surface area contributed by atoms with Crippen molar-refractivity contribution in [3.05, 3.63) is 42.3 Å². The van der Waals surface area contributed by atoms with Crippen molar-refractivity contribution in [3.8, 4) is 5.92 Å². The highest BCUT2D eigenvalue weighted by Gasteiger charge is 1.99. The van der Waals surface area contributed by atoms with Crippen molar-refractivity contribution >= 4 is 0 Å². The second-order valence-electron chi connectivity index (χ2n) is 1.96. The van der Waals surface area contributed by atoms with Gasteiger partial charge in [-0.15, -0.1) is 0 Å². The van der Waals surface area contributed by atoms with Gasteiger partial charge in [-0.2, -0.15) is 0 Å². The third kappa shape index (κ3) is 1.37.